The summed E-state index contributed by atoms with van der Waals surface area (Å²) < 4.78 is 5.22. The van der Waals surface area contributed by atoms with Gasteiger partial charge >= 0.3 is 6.03 Å². The molecule has 1 heterocycles. The Morgan fingerprint density at radius 2 is 2.00 bits per heavy atom. The minimum Gasteiger partial charge on any atom is -0.495 e. The van der Waals surface area contributed by atoms with E-state index in [9.17, 15) is 4.79 Å². The lowest BCUT2D eigenvalue weighted by Gasteiger charge is -2.34. The number of carbonyl (C=O) groups is 1. The standard InChI is InChI=1S/C14H21N5O2/c1-21-12-5-3-2-4-11(12)17-14(20)19-8-6-18(7-9-19)10-13(15)16/h2-5H,6-10H2,1H3,(H3,15,16)(H,17,20). The predicted octanol–water partition coefficient (Wildman–Crippen LogP) is 0.781. The molecule has 2 rings (SSSR count). The molecule has 1 aromatic rings. The summed E-state index contributed by atoms with van der Waals surface area (Å²) in [6, 6.07) is 7.18. The number of nitrogens with zero attached hydrogens (tertiary/aromatic N) is 2. The van der Waals surface area contributed by atoms with Gasteiger partial charge in [0.25, 0.3) is 0 Å². The Labute approximate surface area is 124 Å². The molecule has 0 aliphatic carbocycles. The van der Waals surface area contributed by atoms with E-state index < -0.39 is 0 Å². The fourth-order valence-corrected chi connectivity index (χ4v) is 2.29. The summed E-state index contributed by atoms with van der Waals surface area (Å²) in [6.45, 7) is 3.14. The zero-order chi connectivity index (χ0) is 15.2. The maximum absolute atomic E-state index is 12.2. The zero-order valence-electron chi connectivity index (χ0n) is 12.1. The molecule has 0 aromatic heterocycles. The first-order chi connectivity index (χ1) is 10.1. The van der Waals surface area contributed by atoms with Gasteiger partial charge in [0.05, 0.1) is 19.3 Å². The van der Waals surface area contributed by atoms with E-state index in [1.54, 1.807) is 18.1 Å². The summed E-state index contributed by atoms with van der Waals surface area (Å²) >= 11 is 0. The molecule has 2 amide bonds. The Morgan fingerprint density at radius 3 is 2.62 bits per heavy atom. The van der Waals surface area contributed by atoms with Crippen molar-refractivity contribution in [3.8, 4) is 5.75 Å². The normalized spacial score (nSPS) is 15.6. The molecule has 1 aliphatic rings. The van der Waals surface area contributed by atoms with Crippen LogP contribution in [-0.2, 0) is 0 Å². The second kappa shape index (κ2) is 6.94. The Hall–Kier alpha value is -2.28. The maximum atomic E-state index is 12.2. The number of nitrogens with two attached hydrogens (primary N) is 1. The highest BCUT2D eigenvalue weighted by Crippen LogP contribution is 2.23. The van der Waals surface area contributed by atoms with Gasteiger partial charge in [0.1, 0.15) is 11.6 Å². The number of ether oxygens (including phenoxy) is 1. The number of hydrogen-bond donors (Lipinski definition) is 3. The number of amides is 2. The van der Waals surface area contributed by atoms with Gasteiger partial charge in [0, 0.05) is 26.2 Å². The van der Waals surface area contributed by atoms with Gasteiger partial charge in [0.15, 0.2) is 0 Å². The van der Waals surface area contributed by atoms with E-state index in [-0.39, 0.29) is 11.9 Å². The number of nitrogens with one attached hydrogen (secondary N) is 2. The average Bonchev–Trinajstić information content (AvgIpc) is 2.48. The molecule has 0 atom stereocenters. The fraction of sp³-hybridized carbons (Fsp3) is 0.429. The van der Waals surface area contributed by atoms with Crippen LogP contribution in [0, 0.1) is 5.41 Å². The third kappa shape index (κ3) is 4.09. The highest BCUT2D eigenvalue weighted by molar-refractivity contribution is 5.91. The summed E-state index contributed by atoms with van der Waals surface area (Å²) in [5, 5.41) is 10.2. The molecule has 21 heavy (non-hydrogen) atoms. The lowest BCUT2D eigenvalue weighted by atomic mass is 10.3. The van der Waals surface area contributed by atoms with Crippen LogP contribution in [0.4, 0.5) is 10.5 Å². The zero-order valence-corrected chi connectivity index (χ0v) is 12.1. The van der Waals surface area contributed by atoms with Crippen molar-refractivity contribution in [2.24, 2.45) is 5.73 Å². The molecule has 1 saturated heterocycles. The lowest BCUT2D eigenvalue weighted by molar-refractivity contribution is 0.158. The van der Waals surface area contributed by atoms with E-state index in [1.807, 2.05) is 18.2 Å². The van der Waals surface area contributed by atoms with Crippen LogP contribution >= 0.6 is 0 Å². The highest BCUT2D eigenvalue weighted by atomic mass is 16.5. The van der Waals surface area contributed by atoms with Crippen molar-refractivity contribution < 1.29 is 9.53 Å². The molecule has 7 nitrogen and oxygen atoms in total. The summed E-state index contributed by atoms with van der Waals surface area (Å²) in [7, 11) is 1.57. The number of urea groups is 1. The number of carbonyl (C=O) groups excluding carboxylic acids is 1. The van der Waals surface area contributed by atoms with Crippen LogP contribution in [0.2, 0.25) is 0 Å². The first-order valence-electron chi connectivity index (χ1n) is 6.84. The number of rotatable bonds is 4. The van der Waals surface area contributed by atoms with Gasteiger partial charge in [0.2, 0.25) is 0 Å². The Morgan fingerprint density at radius 1 is 1.33 bits per heavy atom. The van der Waals surface area contributed by atoms with Gasteiger partial charge in [-0.1, -0.05) is 12.1 Å². The van der Waals surface area contributed by atoms with Crippen LogP contribution in [0.1, 0.15) is 0 Å². The van der Waals surface area contributed by atoms with Gasteiger partial charge in [-0.05, 0) is 12.1 Å². The van der Waals surface area contributed by atoms with Crippen molar-refractivity contribution in [1.82, 2.24) is 9.80 Å². The number of anilines is 1. The smallest absolute Gasteiger partial charge is 0.322 e. The molecule has 0 spiro atoms. The second-order valence-corrected chi connectivity index (χ2v) is 4.92. The second-order valence-electron chi connectivity index (χ2n) is 4.92. The van der Waals surface area contributed by atoms with E-state index in [2.05, 4.69) is 10.2 Å². The summed E-state index contributed by atoms with van der Waals surface area (Å²) in [5.74, 6) is 0.794. The molecular formula is C14H21N5O2. The molecule has 1 aliphatic heterocycles. The maximum Gasteiger partial charge on any atom is 0.322 e. The molecule has 0 radical (unpaired) electrons. The SMILES string of the molecule is COc1ccccc1NC(=O)N1CCN(CC(=N)N)CC1. The molecule has 0 bridgehead atoms. The van der Waals surface area contributed by atoms with E-state index in [0.29, 0.717) is 31.1 Å². The van der Waals surface area contributed by atoms with Gasteiger partial charge in [-0.2, -0.15) is 0 Å². The third-order valence-corrected chi connectivity index (χ3v) is 3.40. The van der Waals surface area contributed by atoms with Crippen molar-refractivity contribution in [3.63, 3.8) is 0 Å². The van der Waals surface area contributed by atoms with Crippen LogP contribution in [0.3, 0.4) is 0 Å². The Balaban J connectivity index is 1.89. The quantitative estimate of drug-likeness (QED) is 0.564. The largest absolute Gasteiger partial charge is 0.495 e. The van der Waals surface area contributed by atoms with Crippen molar-refractivity contribution >= 4 is 17.6 Å². The minimum absolute atomic E-state index is 0.137. The number of amidine groups is 1. The molecule has 1 aromatic carbocycles. The van der Waals surface area contributed by atoms with Gasteiger partial charge < -0.3 is 20.7 Å². The molecule has 1 fully saturated rings. The van der Waals surface area contributed by atoms with Crippen LogP contribution in [0.15, 0.2) is 24.3 Å². The van der Waals surface area contributed by atoms with Gasteiger partial charge in [-0.3, -0.25) is 10.3 Å². The summed E-state index contributed by atoms with van der Waals surface area (Å²) in [5.41, 5.74) is 6.05. The van der Waals surface area contributed by atoms with Crippen LogP contribution in [0.25, 0.3) is 0 Å². The predicted molar refractivity (Wildman–Crippen MR) is 81.9 cm³/mol. The number of benzene rings is 1. The number of piperazine rings is 1. The Bertz CT molecular complexity index is 512. The number of methoxy groups -OCH3 is 1. The average molecular weight is 291 g/mol. The third-order valence-electron chi connectivity index (χ3n) is 3.40. The molecule has 0 saturated carbocycles. The van der Waals surface area contributed by atoms with Crippen LogP contribution in [0.5, 0.6) is 5.75 Å². The highest BCUT2D eigenvalue weighted by Gasteiger charge is 2.21. The summed E-state index contributed by atoms with van der Waals surface area (Å²) in [6.07, 6.45) is 0. The van der Waals surface area contributed by atoms with Crippen molar-refractivity contribution in [2.75, 3.05) is 45.2 Å². The van der Waals surface area contributed by atoms with E-state index in [1.165, 1.54) is 0 Å². The van der Waals surface area contributed by atoms with Crippen LogP contribution < -0.4 is 15.8 Å². The minimum atomic E-state index is -0.137. The number of hydrogen-bond acceptors (Lipinski definition) is 4. The number of para-hydroxylation sites is 2. The fourth-order valence-electron chi connectivity index (χ4n) is 2.29. The van der Waals surface area contributed by atoms with E-state index in [0.717, 1.165) is 13.1 Å². The molecule has 4 N–H and O–H groups in total. The first-order valence-corrected chi connectivity index (χ1v) is 6.84. The van der Waals surface area contributed by atoms with Crippen molar-refractivity contribution in [1.29, 1.82) is 5.41 Å². The van der Waals surface area contributed by atoms with E-state index >= 15 is 0 Å². The first kappa shape index (κ1) is 15.1. The van der Waals surface area contributed by atoms with E-state index in [4.69, 9.17) is 15.9 Å². The van der Waals surface area contributed by atoms with Gasteiger partial charge in [-0.25, -0.2) is 4.79 Å². The lowest BCUT2D eigenvalue weighted by Crippen LogP contribution is -2.51. The Kier molecular flexibility index (Phi) is 4.99. The van der Waals surface area contributed by atoms with Crippen molar-refractivity contribution in [2.45, 2.75) is 0 Å². The van der Waals surface area contributed by atoms with Crippen LogP contribution in [-0.4, -0.2) is 61.5 Å². The molecule has 114 valence electrons. The molecular weight excluding hydrogens is 270 g/mol. The van der Waals surface area contributed by atoms with Crippen molar-refractivity contribution in [3.05, 3.63) is 24.3 Å². The monoisotopic (exact) mass is 291 g/mol. The summed E-state index contributed by atoms with van der Waals surface area (Å²) in [4.78, 5) is 16.1. The molecule has 0 unspecified atom stereocenters. The molecule has 7 heteroatoms. The topological polar surface area (TPSA) is 94.7 Å². The van der Waals surface area contributed by atoms with Gasteiger partial charge in [-0.15, -0.1) is 0 Å².